The van der Waals surface area contributed by atoms with Crippen molar-refractivity contribution in [3.8, 4) is 5.69 Å². The number of aryl methyl sites for hydroxylation is 2. The van der Waals surface area contributed by atoms with Gasteiger partial charge >= 0.3 is 0 Å². The summed E-state index contributed by atoms with van der Waals surface area (Å²) < 4.78 is 7.01. The molecule has 2 amide bonds. The lowest BCUT2D eigenvalue weighted by molar-refractivity contribution is -0.121. The molecule has 0 atom stereocenters. The van der Waals surface area contributed by atoms with Crippen molar-refractivity contribution in [1.82, 2.24) is 31.1 Å². The van der Waals surface area contributed by atoms with Gasteiger partial charge in [0.15, 0.2) is 0 Å². The summed E-state index contributed by atoms with van der Waals surface area (Å²) in [6, 6.07) is 10.6. The number of aromatic nitrogens is 4. The third kappa shape index (κ3) is 3.84. The summed E-state index contributed by atoms with van der Waals surface area (Å²) in [6.07, 6.45) is 3.12. The maximum Gasteiger partial charge on any atom is 0.269 e. The van der Waals surface area contributed by atoms with Gasteiger partial charge in [-0.05, 0) is 71.8 Å². The van der Waals surface area contributed by atoms with Gasteiger partial charge in [0.2, 0.25) is 5.91 Å². The number of fused-ring (bicyclic) bond motifs is 1. The van der Waals surface area contributed by atoms with Gasteiger partial charge in [-0.1, -0.05) is 0 Å². The number of nitrogens with zero attached hydrogens (tertiary/aromatic N) is 4. The number of carbonyl (C=O) groups excluding carboxylic acids is 2. The highest BCUT2D eigenvalue weighted by Crippen LogP contribution is 2.25. The molecule has 2 N–H and O–H groups in total. The van der Waals surface area contributed by atoms with Crippen molar-refractivity contribution in [1.29, 1.82) is 0 Å². The Morgan fingerprint density at radius 1 is 1.07 bits per heavy atom. The molecule has 0 aliphatic carbocycles. The lowest BCUT2D eigenvalue weighted by atomic mass is 10.0. The van der Waals surface area contributed by atoms with E-state index in [0.717, 1.165) is 27.7 Å². The van der Waals surface area contributed by atoms with Crippen molar-refractivity contribution in [2.75, 3.05) is 0 Å². The highest BCUT2D eigenvalue weighted by molar-refractivity contribution is 5.96. The molecule has 2 aromatic heterocycles. The number of amides is 2. The Balaban J connectivity index is 1.37. The molecule has 0 bridgehead atoms. The number of carbonyl (C=O) groups is 2. The van der Waals surface area contributed by atoms with Crippen molar-refractivity contribution < 1.29 is 14.0 Å². The Morgan fingerprint density at radius 3 is 2.55 bits per heavy atom. The Kier molecular flexibility index (Phi) is 4.78. The zero-order chi connectivity index (χ0) is 20.4. The van der Waals surface area contributed by atoms with E-state index in [1.807, 2.05) is 26.0 Å². The summed E-state index contributed by atoms with van der Waals surface area (Å²) in [6.45, 7) is 4.02. The largest absolute Gasteiger partial charge is 0.464 e. The van der Waals surface area contributed by atoms with Crippen LogP contribution in [0.3, 0.4) is 0 Å². The van der Waals surface area contributed by atoms with E-state index in [-0.39, 0.29) is 12.3 Å². The van der Waals surface area contributed by atoms with Crippen LogP contribution in [0, 0.1) is 13.8 Å². The Bertz CT molecular complexity index is 1180. The summed E-state index contributed by atoms with van der Waals surface area (Å²) in [5.41, 5.74) is 9.71. The molecule has 4 rings (SSSR count). The molecule has 0 aliphatic rings. The van der Waals surface area contributed by atoms with Crippen LogP contribution in [0.4, 0.5) is 0 Å². The molecular formula is C20H18N6O3. The zero-order valence-electron chi connectivity index (χ0n) is 15.8. The second-order valence-electron chi connectivity index (χ2n) is 6.67. The SMILES string of the molecule is Cc1cc2occ(CC(=O)NNC(=O)c3ccc(-n4cnnn4)cc3)c2cc1C. The second kappa shape index (κ2) is 7.55. The molecular weight excluding hydrogens is 372 g/mol. The average Bonchev–Trinajstić information content (AvgIpc) is 3.38. The summed E-state index contributed by atoms with van der Waals surface area (Å²) in [5.74, 6) is -0.769. The van der Waals surface area contributed by atoms with E-state index in [0.29, 0.717) is 11.3 Å². The normalized spacial score (nSPS) is 10.8. The monoisotopic (exact) mass is 390 g/mol. The fourth-order valence-corrected chi connectivity index (χ4v) is 2.93. The molecule has 0 saturated heterocycles. The minimum absolute atomic E-state index is 0.0913. The highest BCUT2D eigenvalue weighted by Gasteiger charge is 2.13. The van der Waals surface area contributed by atoms with Crippen LogP contribution in [-0.2, 0) is 11.2 Å². The first-order valence-corrected chi connectivity index (χ1v) is 8.91. The van der Waals surface area contributed by atoms with Crippen LogP contribution in [0.2, 0.25) is 0 Å². The number of tetrazole rings is 1. The lowest BCUT2D eigenvalue weighted by Crippen LogP contribution is -2.42. The van der Waals surface area contributed by atoms with Gasteiger partial charge in [0, 0.05) is 16.5 Å². The van der Waals surface area contributed by atoms with Gasteiger partial charge in [-0.3, -0.25) is 20.4 Å². The van der Waals surface area contributed by atoms with Crippen LogP contribution in [0.25, 0.3) is 16.7 Å². The molecule has 29 heavy (non-hydrogen) atoms. The average molecular weight is 390 g/mol. The first-order valence-electron chi connectivity index (χ1n) is 8.91. The van der Waals surface area contributed by atoms with Crippen LogP contribution in [0.1, 0.15) is 27.0 Å². The number of hydrazine groups is 1. The number of hydrogen-bond donors (Lipinski definition) is 2. The predicted octanol–water partition coefficient (Wildman–Crippen LogP) is 2.03. The molecule has 0 aliphatic heterocycles. The summed E-state index contributed by atoms with van der Waals surface area (Å²) >= 11 is 0. The zero-order valence-corrected chi connectivity index (χ0v) is 15.8. The molecule has 9 nitrogen and oxygen atoms in total. The van der Waals surface area contributed by atoms with Crippen molar-refractivity contribution in [2.24, 2.45) is 0 Å². The quantitative estimate of drug-likeness (QED) is 0.515. The van der Waals surface area contributed by atoms with Gasteiger partial charge in [-0.2, -0.15) is 0 Å². The van der Waals surface area contributed by atoms with Crippen molar-refractivity contribution in [2.45, 2.75) is 20.3 Å². The van der Waals surface area contributed by atoms with Crippen LogP contribution < -0.4 is 10.9 Å². The molecule has 0 spiro atoms. The maximum absolute atomic E-state index is 12.3. The minimum Gasteiger partial charge on any atom is -0.464 e. The van der Waals surface area contributed by atoms with E-state index in [4.69, 9.17) is 4.42 Å². The molecule has 2 heterocycles. The summed E-state index contributed by atoms with van der Waals surface area (Å²) in [7, 11) is 0. The molecule has 0 unspecified atom stereocenters. The Labute approximate surface area is 165 Å². The summed E-state index contributed by atoms with van der Waals surface area (Å²) in [5, 5.41) is 11.8. The number of hydrogen-bond acceptors (Lipinski definition) is 6. The van der Waals surface area contributed by atoms with Crippen LogP contribution in [-0.4, -0.2) is 32.0 Å². The Hall–Kier alpha value is -4.01. The third-order valence-electron chi connectivity index (χ3n) is 4.68. The van der Waals surface area contributed by atoms with Gasteiger partial charge in [-0.25, -0.2) is 4.68 Å². The molecule has 0 saturated carbocycles. The van der Waals surface area contributed by atoms with E-state index < -0.39 is 5.91 Å². The van der Waals surface area contributed by atoms with Gasteiger partial charge in [0.25, 0.3) is 5.91 Å². The smallest absolute Gasteiger partial charge is 0.269 e. The fraction of sp³-hybridized carbons (Fsp3) is 0.150. The number of furan rings is 1. The van der Waals surface area contributed by atoms with E-state index in [9.17, 15) is 9.59 Å². The third-order valence-corrected chi connectivity index (χ3v) is 4.68. The molecule has 146 valence electrons. The molecule has 4 aromatic rings. The van der Waals surface area contributed by atoms with E-state index in [1.165, 1.54) is 11.0 Å². The van der Waals surface area contributed by atoms with E-state index in [1.54, 1.807) is 30.5 Å². The topological polar surface area (TPSA) is 115 Å². The number of rotatable bonds is 4. The molecule has 9 heteroatoms. The van der Waals surface area contributed by atoms with Crippen molar-refractivity contribution in [3.63, 3.8) is 0 Å². The van der Waals surface area contributed by atoms with Gasteiger partial charge in [-0.15, -0.1) is 5.10 Å². The maximum atomic E-state index is 12.3. The van der Waals surface area contributed by atoms with E-state index in [2.05, 4.69) is 26.4 Å². The predicted molar refractivity (Wildman–Crippen MR) is 104 cm³/mol. The van der Waals surface area contributed by atoms with Gasteiger partial charge in [0.05, 0.1) is 18.4 Å². The standard InChI is InChI=1S/C20H18N6O3/c1-12-7-17-15(10-29-18(17)8-13(12)2)9-19(27)22-23-20(28)14-3-5-16(6-4-14)26-11-21-24-25-26/h3-8,10-11H,9H2,1-2H3,(H,22,27)(H,23,28). The second-order valence-corrected chi connectivity index (χ2v) is 6.67. The van der Waals surface area contributed by atoms with Crippen LogP contribution in [0.15, 0.2) is 53.4 Å². The molecule has 0 radical (unpaired) electrons. The van der Waals surface area contributed by atoms with Crippen molar-refractivity contribution in [3.05, 3.63) is 71.2 Å². The molecule has 0 fully saturated rings. The van der Waals surface area contributed by atoms with Crippen LogP contribution >= 0.6 is 0 Å². The number of benzene rings is 2. The minimum atomic E-state index is -0.426. The first-order chi connectivity index (χ1) is 14.0. The first kappa shape index (κ1) is 18.4. The van der Waals surface area contributed by atoms with Crippen molar-refractivity contribution >= 4 is 22.8 Å². The summed E-state index contributed by atoms with van der Waals surface area (Å²) in [4.78, 5) is 24.5. The molecule has 2 aromatic carbocycles. The van der Waals surface area contributed by atoms with E-state index >= 15 is 0 Å². The van der Waals surface area contributed by atoms with Crippen LogP contribution in [0.5, 0.6) is 0 Å². The number of nitrogens with one attached hydrogen (secondary N) is 2. The van der Waals surface area contributed by atoms with Gasteiger partial charge in [0.1, 0.15) is 11.9 Å². The Morgan fingerprint density at radius 2 is 1.83 bits per heavy atom. The fourth-order valence-electron chi connectivity index (χ4n) is 2.93. The van der Waals surface area contributed by atoms with Gasteiger partial charge < -0.3 is 4.42 Å². The highest BCUT2D eigenvalue weighted by atomic mass is 16.3. The lowest BCUT2D eigenvalue weighted by Gasteiger charge is -2.08.